The van der Waals surface area contributed by atoms with Gasteiger partial charge in [-0.05, 0) is 98.6 Å². The normalized spacial score (nSPS) is 19.3. The number of benzene rings is 1. The minimum atomic E-state index is -0.688. The molecule has 0 unspecified atom stereocenters. The zero-order valence-electron chi connectivity index (χ0n) is 23.6. The van der Waals surface area contributed by atoms with E-state index in [0.29, 0.717) is 17.4 Å². The Hall–Kier alpha value is -3.84. The highest BCUT2D eigenvalue weighted by Gasteiger charge is 2.24. The molecule has 2 N–H and O–H groups in total. The Balaban J connectivity index is 1.63. The number of carboxylic acids is 1. The summed E-state index contributed by atoms with van der Waals surface area (Å²) in [5.41, 5.74) is 12.6. The smallest absolute Gasteiger partial charge is 0.303 e. The third-order valence-electron chi connectivity index (χ3n) is 7.45. The quantitative estimate of drug-likeness (QED) is 0.213. The molecule has 0 saturated heterocycles. The standard InChI is InChI=1S/C35H41NO3/c1-5-11-29(30-21-19-27(20-22-30)24-34(37)38)15-9-12-25(3)18-23-31-26(4)13-10-16-32(31)35(39)36-33-17-8-7-14-28(33)6-2/h8-11,13,15-18,23,27,30H,3,5-6,12,19-22,24H2,1-2,4H3,(H,36,39)(H,37,38). The summed E-state index contributed by atoms with van der Waals surface area (Å²) in [5.74, 6) is -0.0314. The van der Waals surface area contributed by atoms with E-state index in [1.165, 1.54) is 5.57 Å². The molecule has 1 saturated carbocycles. The summed E-state index contributed by atoms with van der Waals surface area (Å²) in [6, 6.07) is 5.76. The van der Waals surface area contributed by atoms with Crippen LogP contribution in [0, 0.1) is 18.8 Å². The van der Waals surface area contributed by atoms with Crippen LogP contribution >= 0.6 is 0 Å². The van der Waals surface area contributed by atoms with Crippen molar-refractivity contribution in [1.29, 1.82) is 0 Å². The molecule has 1 aromatic rings. The van der Waals surface area contributed by atoms with Crippen LogP contribution in [0.2, 0.25) is 0 Å². The summed E-state index contributed by atoms with van der Waals surface area (Å²) in [7, 11) is 0. The Labute approximate surface area is 233 Å². The maximum Gasteiger partial charge on any atom is 0.303 e. The van der Waals surface area contributed by atoms with Gasteiger partial charge in [0.2, 0.25) is 0 Å². The van der Waals surface area contributed by atoms with Crippen LogP contribution in [0.15, 0.2) is 95.1 Å². The zero-order valence-corrected chi connectivity index (χ0v) is 23.6. The largest absolute Gasteiger partial charge is 0.481 e. The molecule has 2 aliphatic carbocycles. The number of hydrogen-bond acceptors (Lipinski definition) is 2. The molecule has 1 amide bonds. The lowest BCUT2D eigenvalue weighted by Gasteiger charge is -2.28. The third-order valence-corrected chi connectivity index (χ3v) is 7.45. The van der Waals surface area contributed by atoms with Crippen LogP contribution in [0.25, 0.3) is 6.08 Å². The van der Waals surface area contributed by atoms with Crippen LogP contribution in [0.4, 0.5) is 0 Å². The Kier molecular flexibility index (Phi) is 11.4. The van der Waals surface area contributed by atoms with Crippen LogP contribution in [-0.4, -0.2) is 17.0 Å². The van der Waals surface area contributed by atoms with E-state index in [-0.39, 0.29) is 12.3 Å². The Morgan fingerprint density at radius 1 is 1.15 bits per heavy atom. The number of carbonyl (C=O) groups is 2. The summed E-state index contributed by atoms with van der Waals surface area (Å²) in [5, 5.41) is 12.1. The number of hydrogen-bond donors (Lipinski definition) is 2. The van der Waals surface area contributed by atoms with E-state index < -0.39 is 5.97 Å². The van der Waals surface area contributed by atoms with Crippen molar-refractivity contribution in [3.8, 4) is 0 Å². The molecule has 3 rings (SSSR count). The lowest BCUT2D eigenvalue weighted by molar-refractivity contribution is -0.138. The maximum atomic E-state index is 13.2. The number of amides is 1. The van der Waals surface area contributed by atoms with Crippen LogP contribution in [0.5, 0.6) is 0 Å². The van der Waals surface area contributed by atoms with Gasteiger partial charge in [-0.3, -0.25) is 9.59 Å². The average Bonchev–Trinajstić information content (AvgIpc) is 2.92. The number of aliphatic carboxylic acids is 1. The first-order valence-electron chi connectivity index (χ1n) is 14.1. The van der Waals surface area contributed by atoms with Gasteiger partial charge in [0.25, 0.3) is 5.91 Å². The molecule has 4 heteroatoms. The molecule has 204 valence electrons. The number of rotatable bonds is 12. The number of allylic oxidation sites excluding steroid dienone is 9. The van der Waals surface area contributed by atoms with Crippen molar-refractivity contribution in [2.24, 2.45) is 11.8 Å². The third kappa shape index (κ3) is 8.86. The number of aryl methyl sites for hydroxylation is 1. The number of carbonyl (C=O) groups excluding carboxylic acids is 1. The Morgan fingerprint density at radius 3 is 2.62 bits per heavy atom. The van der Waals surface area contributed by atoms with Gasteiger partial charge < -0.3 is 10.4 Å². The van der Waals surface area contributed by atoms with E-state index in [1.807, 2.05) is 50.3 Å². The highest BCUT2D eigenvalue weighted by molar-refractivity contribution is 5.99. The summed E-state index contributed by atoms with van der Waals surface area (Å²) < 4.78 is 0. The van der Waals surface area contributed by atoms with Gasteiger partial charge in [0, 0.05) is 17.6 Å². The van der Waals surface area contributed by atoms with Crippen LogP contribution in [0.1, 0.15) is 86.7 Å². The lowest BCUT2D eigenvalue weighted by atomic mass is 9.77. The first-order valence-corrected chi connectivity index (χ1v) is 14.1. The second-order valence-electron chi connectivity index (χ2n) is 10.4. The first-order chi connectivity index (χ1) is 18.8. The lowest BCUT2D eigenvalue weighted by Crippen LogP contribution is -2.25. The van der Waals surface area contributed by atoms with Crippen molar-refractivity contribution in [3.63, 3.8) is 0 Å². The summed E-state index contributed by atoms with van der Waals surface area (Å²) in [4.78, 5) is 24.2. The van der Waals surface area contributed by atoms with Gasteiger partial charge in [-0.1, -0.05) is 80.0 Å². The predicted molar refractivity (Wildman–Crippen MR) is 160 cm³/mol. The molecule has 39 heavy (non-hydrogen) atoms. The molecule has 2 aliphatic rings. The van der Waals surface area contributed by atoms with Gasteiger partial charge in [0.15, 0.2) is 0 Å². The molecule has 4 nitrogen and oxygen atoms in total. The minimum absolute atomic E-state index is 0.148. The second kappa shape index (κ2) is 14.9. The molecule has 0 heterocycles. The van der Waals surface area contributed by atoms with E-state index in [0.717, 1.165) is 72.9 Å². The van der Waals surface area contributed by atoms with Gasteiger partial charge in [-0.25, -0.2) is 0 Å². The van der Waals surface area contributed by atoms with Crippen molar-refractivity contribution in [3.05, 3.63) is 112 Å². The average molecular weight is 524 g/mol. The highest BCUT2D eigenvalue weighted by atomic mass is 16.4. The van der Waals surface area contributed by atoms with E-state index in [2.05, 4.69) is 48.5 Å². The molecule has 1 aromatic carbocycles. The molecular weight excluding hydrogens is 482 g/mol. The molecule has 0 radical (unpaired) electrons. The molecule has 0 atom stereocenters. The van der Waals surface area contributed by atoms with Gasteiger partial charge in [0.1, 0.15) is 0 Å². The van der Waals surface area contributed by atoms with E-state index in [1.54, 1.807) is 6.08 Å². The van der Waals surface area contributed by atoms with Crippen LogP contribution < -0.4 is 5.32 Å². The van der Waals surface area contributed by atoms with Crippen molar-refractivity contribution in [2.75, 3.05) is 0 Å². The van der Waals surface area contributed by atoms with E-state index in [9.17, 15) is 9.59 Å². The fraction of sp³-hybridized carbons (Fsp3) is 0.371. The number of nitrogens with one attached hydrogen (secondary N) is 1. The fourth-order valence-corrected chi connectivity index (χ4v) is 5.28. The van der Waals surface area contributed by atoms with Crippen LogP contribution in [0.3, 0.4) is 0 Å². The van der Waals surface area contributed by atoms with E-state index >= 15 is 0 Å². The number of carboxylic acid groups (broad SMARTS) is 1. The van der Waals surface area contributed by atoms with Gasteiger partial charge in [-0.15, -0.1) is 0 Å². The second-order valence-corrected chi connectivity index (χ2v) is 10.4. The molecule has 0 bridgehead atoms. The van der Waals surface area contributed by atoms with Gasteiger partial charge in [-0.2, -0.15) is 0 Å². The Morgan fingerprint density at radius 2 is 1.92 bits per heavy atom. The van der Waals surface area contributed by atoms with Gasteiger partial charge >= 0.3 is 5.97 Å². The monoisotopic (exact) mass is 523 g/mol. The fourth-order valence-electron chi connectivity index (χ4n) is 5.28. The zero-order chi connectivity index (χ0) is 28.2. The van der Waals surface area contributed by atoms with Crippen molar-refractivity contribution < 1.29 is 14.7 Å². The predicted octanol–water partition coefficient (Wildman–Crippen LogP) is 8.40. The van der Waals surface area contributed by atoms with Crippen molar-refractivity contribution in [2.45, 2.75) is 72.1 Å². The van der Waals surface area contributed by atoms with E-state index in [4.69, 9.17) is 5.11 Å². The maximum absolute atomic E-state index is 13.2. The Bertz CT molecular complexity index is 1300. The summed E-state index contributed by atoms with van der Waals surface area (Å²) in [6.07, 6.45) is 21.1. The molecular formula is C35H41NO3. The summed E-state index contributed by atoms with van der Waals surface area (Å²) in [6.45, 7) is 10.4. The highest BCUT2D eigenvalue weighted by Crippen LogP contribution is 2.35. The van der Waals surface area contributed by atoms with Crippen molar-refractivity contribution >= 4 is 18.0 Å². The minimum Gasteiger partial charge on any atom is -0.481 e. The topological polar surface area (TPSA) is 66.4 Å². The molecule has 1 fully saturated rings. The van der Waals surface area contributed by atoms with Crippen molar-refractivity contribution in [1.82, 2.24) is 5.32 Å². The molecule has 0 spiro atoms. The first kappa shape index (κ1) is 29.7. The van der Waals surface area contributed by atoms with Crippen LogP contribution in [-0.2, 0) is 4.79 Å². The SMILES string of the molecule is C=C(C=Cc1c(C)cccc1C(=O)NC1=CC=C=C=C1CC)CC=CC(=CCC)C1CCC(CC(=O)O)CC1. The van der Waals surface area contributed by atoms with Gasteiger partial charge in [0.05, 0.1) is 5.70 Å². The molecule has 0 aromatic heterocycles. The summed E-state index contributed by atoms with van der Waals surface area (Å²) >= 11 is 0. The molecule has 0 aliphatic heterocycles.